The lowest BCUT2D eigenvalue weighted by atomic mass is 9.85. The molecule has 1 saturated heterocycles. The summed E-state index contributed by atoms with van der Waals surface area (Å²) in [6.45, 7) is 7.03. The van der Waals surface area contributed by atoms with Crippen LogP contribution in [-0.4, -0.2) is 73.9 Å². The monoisotopic (exact) mass is 549 g/mol. The second-order valence-electron chi connectivity index (χ2n) is 10.9. The van der Waals surface area contributed by atoms with Gasteiger partial charge in [0.25, 0.3) is 0 Å². The number of halogens is 1. The molecule has 0 radical (unpaired) electrons. The van der Waals surface area contributed by atoms with Crippen LogP contribution in [0.15, 0.2) is 41.3 Å². The summed E-state index contributed by atoms with van der Waals surface area (Å²) in [6, 6.07) is 10.6. The summed E-state index contributed by atoms with van der Waals surface area (Å²) in [5.41, 5.74) is -0.503. The molecule has 1 saturated carbocycles. The molecular weight excluding hydrogens is 514 g/mol. The Bertz CT molecular complexity index is 1240. The number of amides is 1. The third-order valence-corrected chi connectivity index (χ3v) is 9.12. The van der Waals surface area contributed by atoms with Gasteiger partial charge in [-0.15, -0.1) is 0 Å². The Labute approximate surface area is 224 Å². The summed E-state index contributed by atoms with van der Waals surface area (Å²) >= 11 is 6.04. The minimum absolute atomic E-state index is 0.0601. The van der Waals surface area contributed by atoms with E-state index in [4.69, 9.17) is 16.3 Å². The quantitative estimate of drug-likeness (QED) is 0.550. The number of rotatable bonds is 6. The fourth-order valence-electron chi connectivity index (χ4n) is 5.06. The minimum atomic E-state index is -3.65. The first-order valence-corrected chi connectivity index (χ1v) is 14.7. The molecule has 1 amide bonds. The highest BCUT2D eigenvalue weighted by Crippen LogP contribution is 2.28. The van der Waals surface area contributed by atoms with Crippen LogP contribution < -0.4 is 5.32 Å². The number of nitrogens with zero attached hydrogens (tertiary/aromatic N) is 2. The smallest absolute Gasteiger partial charge is 0.320 e. The summed E-state index contributed by atoms with van der Waals surface area (Å²) in [5, 5.41) is 5.56. The van der Waals surface area contributed by atoms with Crippen LogP contribution in [-0.2, 0) is 24.3 Å². The number of nitrogens with one attached hydrogen (secondary N) is 1. The molecule has 1 N–H and O–H groups in total. The van der Waals surface area contributed by atoms with Gasteiger partial charge in [0, 0.05) is 43.2 Å². The average Bonchev–Trinajstić information content (AvgIpc) is 2.86. The number of fused-ring (bicyclic) bond motifs is 1. The highest BCUT2D eigenvalue weighted by Gasteiger charge is 2.34. The van der Waals surface area contributed by atoms with Crippen molar-refractivity contribution in [3.8, 4) is 0 Å². The molecule has 0 bridgehead atoms. The van der Waals surface area contributed by atoms with E-state index in [1.165, 1.54) is 4.31 Å². The van der Waals surface area contributed by atoms with E-state index in [0.29, 0.717) is 18.1 Å². The summed E-state index contributed by atoms with van der Waals surface area (Å²) < 4.78 is 33.3. The Balaban J connectivity index is 1.26. The number of carbonyl (C=O) groups is 2. The Morgan fingerprint density at radius 2 is 1.59 bits per heavy atom. The van der Waals surface area contributed by atoms with E-state index in [1.54, 1.807) is 29.2 Å². The van der Waals surface area contributed by atoms with E-state index in [2.05, 4.69) is 5.32 Å². The molecule has 2 aliphatic rings. The Kier molecular flexibility index (Phi) is 8.48. The zero-order valence-corrected chi connectivity index (χ0v) is 23.3. The third-order valence-electron chi connectivity index (χ3n) is 6.99. The molecule has 0 unspecified atom stereocenters. The molecular formula is C27H36ClN3O5S. The van der Waals surface area contributed by atoms with Gasteiger partial charge in [-0.2, -0.15) is 4.31 Å². The van der Waals surface area contributed by atoms with Gasteiger partial charge in [0.1, 0.15) is 5.60 Å². The van der Waals surface area contributed by atoms with Crippen LogP contribution in [0.25, 0.3) is 10.8 Å². The lowest BCUT2D eigenvalue weighted by molar-refractivity contribution is -0.154. The van der Waals surface area contributed by atoms with E-state index in [0.717, 1.165) is 36.5 Å². The zero-order valence-electron chi connectivity index (χ0n) is 21.7. The molecule has 1 aliphatic carbocycles. The van der Waals surface area contributed by atoms with E-state index < -0.39 is 15.6 Å². The number of hydrogen-bond donors (Lipinski definition) is 1. The fourth-order valence-corrected chi connectivity index (χ4v) is 6.70. The van der Waals surface area contributed by atoms with Gasteiger partial charge in [0.05, 0.1) is 11.4 Å². The molecule has 1 aliphatic heterocycles. The molecule has 1 heterocycles. The topological polar surface area (TPSA) is 96.0 Å². The van der Waals surface area contributed by atoms with Gasteiger partial charge in [0.2, 0.25) is 15.9 Å². The zero-order chi connectivity index (χ0) is 26.8. The largest absolute Gasteiger partial charge is 0.459 e. The number of carbonyl (C=O) groups excluding carboxylic acids is 2. The standard InChI is InChI=1S/C27H36ClN3O5S/c1-27(2,3)36-25(32)18-29-23-9-5-19(6-10-23)26(33)30-12-14-31(15-13-30)37(34,35)24-11-7-20-16-22(28)8-4-21(20)17-24/h4,7-8,11,16-17,19,23,29H,5-6,9-10,12-15,18H2,1-3H3/t19-,23-. The molecule has 0 spiro atoms. The third kappa shape index (κ3) is 7.02. The predicted molar refractivity (Wildman–Crippen MR) is 144 cm³/mol. The van der Waals surface area contributed by atoms with E-state index in [-0.39, 0.29) is 48.4 Å². The van der Waals surface area contributed by atoms with Gasteiger partial charge in [-0.3, -0.25) is 9.59 Å². The molecule has 2 fully saturated rings. The number of esters is 1. The molecule has 10 heteroatoms. The summed E-state index contributed by atoms with van der Waals surface area (Å²) in [6.07, 6.45) is 3.15. The van der Waals surface area contributed by atoms with Crippen LogP contribution in [0.4, 0.5) is 0 Å². The summed E-state index contributed by atoms with van der Waals surface area (Å²) in [7, 11) is -3.65. The van der Waals surface area contributed by atoms with E-state index in [1.807, 2.05) is 32.9 Å². The lowest BCUT2D eigenvalue weighted by Crippen LogP contribution is -2.52. The molecule has 2 aromatic rings. The lowest BCUT2D eigenvalue weighted by Gasteiger charge is -2.37. The minimum Gasteiger partial charge on any atom is -0.459 e. The van der Waals surface area contributed by atoms with Gasteiger partial charge in [0.15, 0.2) is 0 Å². The molecule has 8 nitrogen and oxygen atoms in total. The Morgan fingerprint density at radius 3 is 2.24 bits per heavy atom. The van der Waals surface area contributed by atoms with E-state index in [9.17, 15) is 18.0 Å². The van der Waals surface area contributed by atoms with Crippen molar-refractivity contribution < 1.29 is 22.7 Å². The first-order chi connectivity index (χ1) is 17.4. The van der Waals surface area contributed by atoms with Crippen molar-refractivity contribution in [3.05, 3.63) is 41.4 Å². The second kappa shape index (κ2) is 11.3. The maximum Gasteiger partial charge on any atom is 0.320 e. The highest BCUT2D eigenvalue weighted by molar-refractivity contribution is 7.89. The number of hydrogen-bond acceptors (Lipinski definition) is 6. The Morgan fingerprint density at radius 1 is 0.973 bits per heavy atom. The summed E-state index contributed by atoms with van der Waals surface area (Å²) in [5.74, 6) is -0.230. The van der Waals surface area contributed by atoms with Crippen molar-refractivity contribution in [3.63, 3.8) is 0 Å². The molecule has 202 valence electrons. The fraction of sp³-hybridized carbons (Fsp3) is 0.556. The SMILES string of the molecule is CC(C)(C)OC(=O)CN[C@H]1CC[C@H](C(=O)N2CCN(S(=O)(=O)c3ccc4cc(Cl)ccc4c3)CC2)CC1. The van der Waals surface area contributed by atoms with E-state index >= 15 is 0 Å². The highest BCUT2D eigenvalue weighted by atomic mass is 35.5. The van der Waals surface area contributed by atoms with Crippen LogP contribution in [0.1, 0.15) is 46.5 Å². The van der Waals surface area contributed by atoms with Crippen LogP contribution in [0.2, 0.25) is 5.02 Å². The van der Waals surface area contributed by atoms with Crippen LogP contribution in [0.5, 0.6) is 0 Å². The van der Waals surface area contributed by atoms with Crippen LogP contribution >= 0.6 is 11.6 Å². The van der Waals surface area contributed by atoms with Gasteiger partial charge >= 0.3 is 5.97 Å². The molecule has 0 atom stereocenters. The predicted octanol–water partition coefficient (Wildman–Crippen LogP) is 3.82. The maximum atomic E-state index is 13.3. The van der Waals surface area contributed by atoms with Crippen molar-refractivity contribution >= 4 is 44.3 Å². The number of sulfonamides is 1. The van der Waals surface area contributed by atoms with Crippen molar-refractivity contribution in [2.45, 2.75) is 63.0 Å². The first kappa shape index (κ1) is 27.8. The van der Waals surface area contributed by atoms with Gasteiger partial charge in [-0.1, -0.05) is 23.7 Å². The maximum absolute atomic E-state index is 13.3. The van der Waals surface area contributed by atoms with Crippen molar-refractivity contribution in [1.29, 1.82) is 0 Å². The molecule has 37 heavy (non-hydrogen) atoms. The normalized spacial score (nSPS) is 21.7. The summed E-state index contributed by atoms with van der Waals surface area (Å²) in [4.78, 5) is 27.1. The van der Waals surface area contributed by atoms with Crippen molar-refractivity contribution in [2.75, 3.05) is 32.7 Å². The van der Waals surface area contributed by atoms with Crippen LogP contribution in [0, 0.1) is 5.92 Å². The van der Waals surface area contributed by atoms with Gasteiger partial charge in [-0.25, -0.2) is 8.42 Å². The second-order valence-corrected chi connectivity index (χ2v) is 13.3. The number of piperazine rings is 1. The average molecular weight is 550 g/mol. The molecule has 2 aromatic carbocycles. The number of benzene rings is 2. The number of ether oxygens (including phenoxy) is 1. The first-order valence-electron chi connectivity index (χ1n) is 12.9. The van der Waals surface area contributed by atoms with Crippen molar-refractivity contribution in [1.82, 2.24) is 14.5 Å². The Hall–Kier alpha value is -2.20. The van der Waals surface area contributed by atoms with Crippen LogP contribution in [0.3, 0.4) is 0 Å². The van der Waals surface area contributed by atoms with Gasteiger partial charge in [-0.05, 0) is 81.5 Å². The van der Waals surface area contributed by atoms with Crippen molar-refractivity contribution in [2.24, 2.45) is 5.92 Å². The molecule has 0 aromatic heterocycles. The molecule has 4 rings (SSSR count). The van der Waals surface area contributed by atoms with Gasteiger partial charge < -0.3 is 15.0 Å².